The Balaban J connectivity index is 1.47. The van der Waals surface area contributed by atoms with Crippen molar-refractivity contribution in [2.75, 3.05) is 19.0 Å². The van der Waals surface area contributed by atoms with Crippen molar-refractivity contribution in [3.05, 3.63) is 59.5 Å². The molecule has 0 aliphatic carbocycles. The van der Waals surface area contributed by atoms with Gasteiger partial charge in [0.2, 0.25) is 16.9 Å². The minimum Gasteiger partial charge on any atom is -0.495 e. The van der Waals surface area contributed by atoms with Gasteiger partial charge in [0.05, 0.1) is 18.5 Å². The van der Waals surface area contributed by atoms with Gasteiger partial charge in [0.15, 0.2) is 5.17 Å². The van der Waals surface area contributed by atoms with Crippen LogP contribution in [0.1, 0.15) is 18.9 Å². The number of nitrogens with zero attached hydrogens (tertiary/aromatic N) is 3. The molecule has 1 unspecified atom stereocenters. The quantitative estimate of drug-likeness (QED) is 0.508. The zero-order valence-electron chi connectivity index (χ0n) is 18.6. The zero-order chi connectivity index (χ0) is 23.4. The predicted molar refractivity (Wildman–Crippen MR) is 134 cm³/mol. The predicted octanol–water partition coefficient (Wildman–Crippen LogP) is 5.11. The number of hydrogen-bond acceptors (Lipinski definition) is 7. The highest BCUT2D eigenvalue weighted by molar-refractivity contribution is 8.15. The summed E-state index contributed by atoms with van der Waals surface area (Å²) >= 11 is 2.73. The minimum absolute atomic E-state index is 0.0449. The van der Waals surface area contributed by atoms with Crippen LogP contribution >= 0.6 is 23.1 Å². The molecule has 1 atom stereocenters. The fraction of sp³-hybridized carbons (Fsp3) is 0.250. The zero-order valence-corrected chi connectivity index (χ0v) is 20.2. The van der Waals surface area contributed by atoms with Crippen LogP contribution in [0.4, 0.5) is 10.8 Å². The fourth-order valence-corrected chi connectivity index (χ4v) is 5.40. The first-order valence-corrected chi connectivity index (χ1v) is 12.3. The molecule has 4 rings (SSSR count). The van der Waals surface area contributed by atoms with Crippen LogP contribution in [0.3, 0.4) is 0 Å². The molecule has 0 bridgehead atoms. The van der Waals surface area contributed by atoms with E-state index in [-0.39, 0.29) is 18.2 Å². The summed E-state index contributed by atoms with van der Waals surface area (Å²) in [5, 5.41) is 5.44. The normalized spacial score (nSPS) is 16.9. The van der Waals surface area contributed by atoms with Gasteiger partial charge >= 0.3 is 0 Å². The molecule has 1 saturated heterocycles. The number of aliphatic imine (C=N–C) groups is 1. The summed E-state index contributed by atoms with van der Waals surface area (Å²) in [5.41, 5.74) is 3.46. The number of aromatic nitrogens is 1. The van der Waals surface area contributed by atoms with Gasteiger partial charge in [0.1, 0.15) is 11.0 Å². The maximum Gasteiger partial charge on any atom is 0.242 e. The van der Waals surface area contributed by atoms with E-state index in [1.54, 1.807) is 12.0 Å². The van der Waals surface area contributed by atoms with Crippen LogP contribution in [-0.2, 0) is 9.59 Å². The van der Waals surface area contributed by atoms with Gasteiger partial charge in [0, 0.05) is 23.9 Å². The molecule has 9 heteroatoms. The van der Waals surface area contributed by atoms with Gasteiger partial charge in [-0.2, -0.15) is 4.99 Å². The highest BCUT2D eigenvalue weighted by Crippen LogP contribution is 2.34. The Morgan fingerprint density at radius 1 is 1.24 bits per heavy atom. The molecule has 1 aliphatic rings. The second kappa shape index (κ2) is 10.2. The van der Waals surface area contributed by atoms with Crippen LogP contribution < -0.4 is 10.1 Å². The average molecular weight is 481 g/mol. The molecule has 1 fully saturated rings. The Labute approximate surface area is 200 Å². The molecular weight excluding hydrogens is 456 g/mol. The lowest BCUT2D eigenvalue weighted by Crippen LogP contribution is -2.33. The highest BCUT2D eigenvalue weighted by Gasteiger charge is 2.38. The molecule has 170 valence electrons. The maximum atomic E-state index is 12.9. The number of carbonyl (C=O) groups excluding carboxylic acids is 2. The number of hydrogen-bond donors (Lipinski definition) is 1. The number of nitrogens with one attached hydrogen (secondary N) is 1. The minimum atomic E-state index is -0.534. The average Bonchev–Trinajstić information content (AvgIpc) is 3.39. The Kier molecular flexibility index (Phi) is 7.10. The second-order valence-electron chi connectivity index (χ2n) is 7.42. The van der Waals surface area contributed by atoms with Crippen LogP contribution in [0, 0.1) is 6.92 Å². The second-order valence-corrected chi connectivity index (χ2v) is 9.43. The summed E-state index contributed by atoms with van der Waals surface area (Å²) in [6, 6.07) is 15.4. The largest absolute Gasteiger partial charge is 0.495 e. The SMILES string of the molecule is CCN1C(=O)C(CC(=O)Nc2cc(C)ccc2OC)S/C1=N/c1nc(-c2ccccc2)cs1. The van der Waals surface area contributed by atoms with Crippen molar-refractivity contribution < 1.29 is 14.3 Å². The molecule has 7 nitrogen and oxygen atoms in total. The van der Waals surface area contributed by atoms with Gasteiger partial charge in [-0.1, -0.05) is 48.2 Å². The molecule has 1 aliphatic heterocycles. The Hall–Kier alpha value is -3.17. The van der Waals surface area contributed by atoms with E-state index in [1.807, 2.05) is 67.8 Å². The number of thioether (sulfide) groups is 1. The molecule has 2 aromatic carbocycles. The number of aryl methyl sites for hydroxylation is 1. The van der Waals surface area contributed by atoms with E-state index in [1.165, 1.54) is 23.1 Å². The van der Waals surface area contributed by atoms with Crippen molar-refractivity contribution in [2.45, 2.75) is 25.5 Å². The maximum absolute atomic E-state index is 12.9. The van der Waals surface area contributed by atoms with Gasteiger partial charge in [-0.25, -0.2) is 4.98 Å². The Morgan fingerprint density at radius 2 is 2.03 bits per heavy atom. The lowest BCUT2D eigenvalue weighted by Gasteiger charge is -2.13. The number of benzene rings is 2. The van der Waals surface area contributed by atoms with Crippen molar-refractivity contribution >= 4 is 50.9 Å². The van der Waals surface area contributed by atoms with Crippen LogP contribution in [-0.4, -0.2) is 45.8 Å². The van der Waals surface area contributed by atoms with Gasteiger partial charge in [-0.3, -0.25) is 14.5 Å². The number of anilines is 1. The third kappa shape index (κ3) is 5.26. The molecule has 1 aromatic heterocycles. The first-order valence-electron chi connectivity index (χ1n) is 10.5. The highest BCUT2D eigenvalue weighted by atomic mass is 32.2. The molecular formula is C24H24N4O3S2. The smallest absolute Gasteiger partial charge is 0.242 e. The first-order chi connectivity index (χ1) is 16.0. The molecule has 0 spiro atoms. The van der Waals surface area contributed by atoms with Crippen molar-refractivity contribution in [1.29, 1.82) is 0 Å². The van der Waals surface area contributed by atoms with E-state index in [2.05, 4.69) is 15.3 Å². The van der Waals surface area contributed by atoms with Crippen LogP contribution in [0.25, 0.3) is 11.3 Å². The molecule has 2 heterocycles. The van der Waals surface area contributed by atoms with E-state index in [9.17, 15) is 9.59 Å². The van der Waals surface area contributed by atoms with Crippen molar-refractivity contribution in [3.8, 4) is 17.0 Å². The van der Waals surface area contributed by atoms with Crippen LogP contribution in [0.2, 0.25) is 0 Å². The standard InChI is InChI=1S/C24H24N4O3S2/c1-4-28-22(30)20(13-21(29)25-17-12-15(2)10-11-19(17)31-3)33-24(28)27-23-26-18(14-32-23)16-8-6-5-7-9-16/h5-12,14,20H,4,13H2,1-3H3,(H,25,29)/b27-24+. The summed E-state index contributed by atoms with van der Waals surface area (Å²) < 4.78 is 5.32. The van der Waals surface area contributed by atoms with E-state index in [0.29, 0.717) is 28.3 Å². The number of amides is 2. The van der Waals surface area contributed by atoms with E-state index in [0.717, 1.165) is 16.8 Å². The number of thiazole rings is 1. The van der Waals surface area contributed by atoms with Gasteiger partial charge < -0.3 is 10.1 Å². The first kappa shape index (κ1) is 23.0. The topological polar surface area (TPSA) is 83.9 Å². The van der Waals surface area contributed by atoms with Crippen molar-refractivity contribution in [1.82, 2.24) is 9.88 Å². The van der Waals surface area contributed by atoms with Crippen molar-refractivity contribution in [3.63, 3.8) is 0 Å². The van der Waals surface area contributed by atoms with E-state index < -0.39 is 5.25 Å². The molecule has 33 heavy (non-hydrogen) atoms. The van der Waals surface area contributed by atoms with Gasteiger partial charge in [-0.05, 0) is 31.5 Å². The molecule has 2 amide bonds. The summed E-state index contributed by atoms with van der Waals surface area (Å²) in [4.78, 5) is 36.5. The number of rotatable bonds is 7. The fourth-order valence-electron chi connectivity index (χ4n) is 3.44. The summed E-state index contributed by atoms with van der Waals surface area (Å²) in [6.45, 7) is 4.31. The molecule has 0 radical (unpaired) electrons. The van der Waals surface area contributed by atoms with Gasteiger partial charge in [-0.15, -0.1) is 11.3 Å². The summed E-state index contributed by atoms with van der Waals surface area (Å²) in [7, 11) is 1.56. The summed E-state index contributed by atoms with van der Waals surface area (Å²) in [6.07, 6.45) is 0.0449. The van der Waals surface area contributed by atoms with E-state index >= 15 is 0 Å². The number of carbonyl (C=O) groups is 2. The lowest BCUT2D eigenvalue weighted by atomic mass is 10.2. The number of ether oxygens (including phenoxy) is 1. The molecule has 3 aromatic rings. The van der Waals surface area contributed by atoms with Crippen LogP contribution in [0.15, 0.2) is 58.9 Å². The third-order valence-corrected chi connectivity index (χ3v) is 7.00. The number of amidine groups is 1. The van der Waals surface area contributed by atoms with Crippen LogP contribution in [0.5, 0.6) is 5.75 Å². The summed E-state index contributed by atoms with van der Waals surface area (Å²) in [5.74, 6) is 0.213. The van der Waals surface area contributed by atoms with Crippen molar-refractivity contribution in [2.24, 2.45) is 4.99 Å². The molecule has 1 N–H and O–H groups in total. The number of methoxy groups -OCH3 is 1. The lowest BCUT2D eigenvalue weighted by molar-refractivity contribution is -0.128. The Bertz CT molecular complexity index is 1190. The third-order valence-electron chi connectivity index (χ3n) is 5.09. The van der Waals surface area contributed by atoms with E-state index in [4.69, 9.17) is 4.74 Å². The monoisotopic (exact) mass is 480 g/mol. The molecule has 0 saturated carbocycles. The Morgan fingerprint density at radius 3 is 2.76 bits per heavy atom. The van der Waals surface area contributed by atoms with Gasteiger partial charge in [0.25, 0.3) is 0 Å².